The summed E-state index contributed by atoms with van der Waals surface area (Å²) in [6.45, 7) is 9.24. The average molecular weight is 417 g/mol. The Hall–Kier alpha value is -3.60. The molecule has 0 bridgehead atoms. The number of carbonyl (C=O) groups is 2. The fourth-order valence-corrected chi connectivity index (χ4v) is 3.89. The summed E-state index contributed by atoms with van der Waals surface area (Å²) in [6.07, 6.45) is 8.74. The van der Waals surface area contributed by atoms with Gasteiger partial charge in [0.05, 0.1) is 22.9 Å². The molecule has 5 heteroatoms. The van der Waals surface area contributed by atoms with Crippen LogP contribution in [0.5, 0.6) is 0 Å². The fourth-order valence-electron chi connectivity index (χ4n) is 3.89. The zero-order chi connectivity index (χ0) is 22.4. The first-order chi connectivity index (χ1) is 14.9. The molecule has 2 aromatic rings. The maximum absolute atomic E-state index is 13.2. The van der Waals surface area contributed by atoms with E-state index in [-0.39, 0.29) is 17.5 Å². The predicted octanol–water partition coefficient (Wildman–Crippen LogP) is 4.93. The SMILES string of the molecule is C=C/C=C(\C=C/C)CN1CCc2cccc(C(=O)N[C@@H](C)c3ccc(C(=O)O)cc3)c21. The van der Waals surface area contributed by atoms with E-state index in [4.69, 9.17) is 5.11 Å². The Morgan fingerprint density at radius 2 is 1.97 bits per heavy atom. The molecule has 0 aliphatic carbocycles. The molecule has 0 radical (unpaired) electrons. The summed E-state index contributed by atoms with van der Waals surface area (Å²) >= 11 is 0. The van der Waals surface area contributed by atoms with E-state index in [1.165, 1.54) is 5.56 Å². The number of carbonyl (C=O) groups excluding carboxylic acids is 1. The standard InChI is InChI=1S/C26H28N2O3/c1-4-7-19(8-5-2)17-28-16-15-21-9-6-10-23(24(21)28)25(29)27-18(3)20-11-13-22(14-12-20)26(30)31/h4-14,18H,1,15-17H2,2-3H3,(H,27,29)(H,30,31)/b8-5-,19-7+/t18-/m0/s1. The Kier molecular flexibility index (Phi) is 7.08. The Morgan fingerprint density at radius 1 is 1.23 bits per heavy atom. The van der Waals surface area contributed by atoms with Crippen molar-refractivity contribution in [2.75, 3.05) is 18.0 Å². The minimum Gasteiger partial charge on any atom is -0.478 e. The second-order valence-electron chi connectivity index (χ2n) is 7.58. The first kappa shape index (κ1) is 22.1. The number of aromatic carboxylic acids is 1. The zero-order valence-electron chi connectivity index (χ0n) is 18.0. The molecular weight excluding hydrogens is 388 g/mol. The summed E-state index contributed by atoms with van der Waals surface area (Å²) in [5.41, 5.74) is 5.02. The fraction of sp³-hybridized carbons (Fsp3) is 0.231. The number of amides is 1. The maximum atomic E-state index is 13.2. The summed E-state index contributed by atoms with van der Waals surface area (Å²) in [7, 11) is 0. The lowest BCUT2D eigenvalue weighted by atomic mass is 10.0. The molecule has 1 heterocycles. The highest BCUT2D eigenvalue weighted by atomic mass is 16.4. The molecule has 31 heavy (non-hydrogen) atoms. The van der Waals surface area contributed by atoms with Gasteiger partial charge in [0.1, 0.15) is 0 Å². The van der Waals surface area contributed by atoms with Gasteiger partial charge in [0, 0.05) is 13.1 Å². The first-order valence-electron chi connectivity index (χ1n) is 10.4. The molecule has 160 valence electrons. The molecule has 0 saturated carbocycles. The number of rotatable bonds is 8. The van der Waals surface area contributed by atoms with Crippen LogP contribution in [0.25, 0.3) is 0 Å². The normalized spacial score (nSPS) is 14.4. The average Bonchev–Trinajstić information content (AvgIpc) is 3.17. The minimum absolute atomic E-state index is 0.140. The van der Waals surface area contributed by atoms with E-state index in [9.17, 15) is 9.59 Å². The third-order valence-corrected chi connectivity index (χ3v) is 5.42. The van der Waals surface area contributed by atoms with Gasteiger partial charge >= 0.3 is 5.97 Å². The highest BCUT2D eigenvalue weighted by Crippen LogP contribution is 2.33. The van der Waals surface area contributed by atoms with E-state index in [2.05, 4.69) is 28.9 Å². The van der Waals surface area contributed by atoms with E-state index < -0.39 is 5.97 Å². The summed E-state index contributed by atoms with van der Waals surface area (Å²) < 4.78 is 0. The molecule has 1 aliphatic rings. The number of carboxylic acids is 1. The third-order valence-electron chi connectivity index (χ3n) is 5.42. The van der Waals surface area contributed by atoms with Crippen molar-refractivity contribution in [1.82, 2.24) is 5.32 Å². The van der Waals surface area contributed by atoms with Crippen LogP contribution in [0.2, 0.25) is 0 Å². The van der Waals surface area contributed by atoms with Gasteiger partial charge in [-0.2, -0.15) is 0 Å². The van der Waals surface area contributed by atoms with Gasteiger partial charge in [0.25, 0.3) is 5.91 Å². The Morgan fingerprint density at radius 3 is 2.61 bits per heavy atom. The van der Waals surface area contributed by atoms with Crippen molar-refractivity contribution in [1.29, 1.82) is 0 Å². The van der Waals surface area contributed by atoms with Crippen LogP contribution in [0, 0.1) is 0 Å². The van der Waals surface area contributed by atoms with Crippen LogP contribution in [0.1, 0.15) is 51.7 Å². The van der Waals surface area contributed by atoms with Crippen molar-refractivity contribution >= 4 is 17.6 Å². The highest BCUT2D eigenvalue weighted by Gasteiger charge is 2.26. The number of anilines is 1. The molecule has 2 aromatic carbocycles. The van der Waals surface area contributed by atoms with Crippen LogP contribution in [0.3, 0.4) is 0 Å². The lowest BCUT2D eigenvalue weighted by Gasteiger charge is -2.23. The molecule has 3 rings (SSSR count). The molecule has 0 fully saturated rings. The van der Waals surface area contributed by atoms with Gasteiger partial charge in [-0.25, -0.2) is 4.79 Å². The van der Waals surface area contributed by atoms with Gasteiger partial charge in [0.15, 0.2) is 0 Å². The highest BCUT2D eigenvalue weighted by molar-refractivity contribution is 6.01. The lowest BCUT2D eigenvalue weighted by molar-refractivity contribution is 0.0696. The summed E-state index contributed by atoms with van der Waals surface area (Å²) in [5.74, 6) is -1.11. The number of allylic oxidation sites excluding steroid dienone is 3. The first-order valence-corrected chi connectivity index (χ1v) is 10.4. The summed E-state index contributed by atoms with van der Waals surface area (Å²) in [4.78, 5) is 26.5. The van der Waals surface area contributed by atoms with Crippen LogP contribution in [-0.4, -0.2) is 30.1 Å². The van der Waals surface area contributed by atoms with Crippen LogP contribution in [0.15, 0.2) is 78.9 Å². The van der Waals surface area contributed by atoms with Crippen LogP contribution < -0.4 is 10.2 Å². The van der Waals surface area contributed by atoms with Crippen molar-refractivity contribution in [3.05, 3.63) is 101 Å². The van der Waals surface area contributed by atoms with E-state index in [1.54, 1.807) is 30.3 Å². The van der Waals surface area contributed by atoms with Crippen molar-refractivity contribution in [2.24, 2.45) is 0 Å². The van der Waals surface area contributed by atoms with Crippen molar-refractivity contribution in [2.45, 2.75) is 26.3 Å². The largest absolute Gasteiger partial charge is 0.478 e. The van der Waals surface area contributed by atoms with Crippen molar-refractivity contribution < 1.29 is 14.7 Å². The number of nitrogens with one attached hydrogen (secondary N) is 1. The van der Waals surface area contributed by atoms with E-state index >= 15 is 0 Å². The topological polar surface area (TPSA) is 69.6 Å². The van der Waals surface area contributed by atoms with Gasteiger partial charge in [-0.15, -0.1) is 0 Å². The van der Waals surface area contributed by atoms with Crippen molar-refractivity contribution in [3.8, 4) is 0 Å². The number of nitrogens with zero attached hydrogens (tertiary/aromatic N) is 1. The van der Waals surface area contributed by atoms with E-state index in [1.807, 2.05) is 38.1 Å². The number of hydrogen-bond acceptors (Lipinski definition) is 3. The van der Waals surface area contributed by atoms with E-state index in [0.29, 0.717) is 12.1 Å². The van der Waals surface area contributed by atoms with Crippen molar-refractivity contribution in [3.63, 3.8) is 0 Å². The Bertz CT molecular complexity index is 1040. The quantitative estimate of drug-likeness (QED) is 0.599. The second-order valence-corrected chi connectivity index (χ2v) is 7.58. The molecule has 0 unspecified atom stereocenters. The van der Waals surface area contributed by atoms with Gasteiger partial charge in [-0.1, -0.05) is 55.1 Å². The molecule has 0 saturated heterocycles. The number of para-hydroxylation sites is 1. The molecule has 0 aromatic heterocycles. The molecular formula is C26H28N2O3. The monoisotopic (exact) mass is 416 g/mol. The molecule has 1 atom stereocenters. The maximum Gasteiger partial charge on any atom is 0.335 e. The zero-order valence-corrected chi connectivity index (χ0v) is 18.0. The van der Waals surface area contributed by atoms with Gasteiger partial charge in [-0.05, 0) is 55.2 Å². The molecule has 0 spiro atoms. The van der Waals surface area contributed by atoms with Gasteiger partial charge in [0.2, 0.25) is 0 Å². The van der Waals surface area contributed by atoms with Crippen LogP contribution in [-0.2, 0) is 6.42 Å². The Balaban J connectivity index is 1.81. The molecule has 1 amide bonds. The summed E-state index contributed by atoms with van der Waals surface area (Å²) in [6, 6.07) is 12.2. The second kappa shape index (κ2) is 9.94. The predicted molar refractivity (Wildman–Crippen MR) is 125 cm³/mol. The molecule has 2 N–H and O–H groups in total. The van der Waals surface area contributed by atoms with E-state index in [0.717, 1.165) is 29.8 Å². The third kappa shape index (κ3) is 5.12. The number of hydrogen-bond donors (Lipinski definition) is 2. The number of benzene rings is 2. The summed E-state index contributed by atoms with van der Waals surface area (Å²) in [5, 5.41) is 12.1. The molecule has 1 aliphatic heterocycles. The van der Waals surface area contributed by atoms with Crippen LogP contribution >= 0.6 is 0 Å². The van der Waals surface area contributed by atoms with Gasteiger partial charge in [-0.3, -0.25) is 4.79 Å². The smallest absolute Gasteiger partial charge is 0.335 e. The minimum atomic E-state index is -0.967. The van der Waals surface area contributed by atoms with Crippen LogP contribution in [0.4, 0.5) is 5.69 Å². The number of fused-ring (bicyclic) bond motifs is 1. The molecule has 5 nitrogen and oxygen atoms in total. The number of carboxylic acid groups (broad SMARTS) is 1. The Labute approximate surface area is 183 Å². The lowest BCUT2D eigenvalue weighted by Crippen LogP contribution is -2.30. The van der Waals surface area contributed by atoms with Gasteiger partial charge < -0.3 is 15.3 Å².